The maximum absolute atomic E-state index is 5.96. The van der Waals surface area contributed by atoms with Gasteiger partial charge in [-0.2, -0.15) is 0 Å². The van der Waals surface area contributed by atoms with E-state index in [1.807, 2.05) is 28.7 Å². The highest BCUT2D eigenvalue weighted by Crippen LogP contribution is 2.37. The van der Waals surface area contributed by atoms with Crippen molar-refractivity contribution in [1.29, 1.82) is 0 Å². The minimum atomic E-state index is 0.829. The summed E-state index contributed by atoms with van der Waals surface area (Å²) >= 11 is 3.70. The van der Waals surface area contributed by atoms with Crippen molar-refractivity contribution in [3.05, 3.63) is 90.0 Å². The van der Waals surface area contributed by atoms with Gasteiger partial charge in [0.05, 0.1) is 0 Å². The Balaban J connectivity index is 1.43. The van der Waals surface area contributed by atoms with Crippen molar-refractivity contribution in [2.24, 2.45) is 0 Å². The zero-order chi connectivity index (χ0) is 18.7. The van der Waals surface area contributed by atoms with Crippen molar-refractivity contribution in [3.8, 4) is 0 Å². The number of thiophene rings is 2. The number of rotatable bonds is 2. The maximum Gasteiger partial charge on any atom is 0.0375 e. The Morgan fingerprint density at radius 1 is 0.536 bits per heavy atom. The van der Waals surface area contributed by atoms with Crippen LogP contribution in [0.5, 0.6) is 0 Å². The first-order chi connectivity index (χ1) is 13.7. The highest BCUT2D eigenvalue weighted by atomic mass is 32.1. The van der Waals surface area contributed by atoms with Crippen LogP contribution in [0, 0.1) is 0 Å². The summed E-state index contributed by atoms with van der Waals surface area (Å²) in [7, 11) is 0. The molecule has 0 aliphatic rings. The molecule has 0 saturated carbocycles. The molecule has 0 saturated heterocycles. The SMILES string of the molecule is Nc1ccc2c(c1)sc1cc(Cc3ccc4sc5ccccc5c4c3)ccc12. The van der Waals surface area contributed by atoms with Crippen LogP contribution >= 0.6 is 22.7 Å². The number of fused-ring (bicyclic) bond motifs is 6. The molecule has 0 spiro atoms. The van der Waals surface area contributed by atoms with E-state index in [4.69, 9.17) is 5.73 Å². The topological polar surface area (TPSA) is 26.0 Å². The monoisotopic (exact) mass is 395 g/mol. The molecule has 2 N–H and O–H groups in total. The minimum Gasteiger partial charge on any atom is -0.399 e. The van der Waals surface area contributed by atoms with Crippen LogP contribution in [0.25, 0.3) is 40.3 Å². The number of hydrogen-bond acceptors (Lipinski definition) is 3. The molecule has 0 aliphatic heterocycles. The van der Waals surface area contributed by atoms with Crippen LogP contribution in [0.15, 0.2) is 78.9 Å². The molecule has 134 valence electrons. The molecular formula is C25H17NS2. The lowest BCUT2D eigenvalue weighted by Crippen LogP contribution is -1.87. The van der Waals surface area contributed by atoms with Crippen LogP contribution in [-0.4, -0.2) is 0 Å². The molecule has 0 atom stereocenters. The van der Waals surface area contributed by atoms with E-state index in [9.17, 15) is 0 Å². The summed E-state index contributed by atoms with van der Waals surface area (Å²) in [5, 5.41) is 5.35. The highest BCUT2D eigenvalue weighted by Gasteiger charge is 2.08. The van der Waals surface area contributed by atoms with E-state index in [1.54, 1.807) is 0 Å². The third kappa shape index (κ3) is 2.51. The van der Waals surface area contributed by atoms with Crippen LogP contribution in [0.3, 0.4) is 0 Å². The third-order valence-corrected chi connectivity index (χ3v) is 7.68. The highest BCUT2D eigenvalue weighted by molar-refractivity contribution is 7.26. The van der Waals surface area contributed by atoms with Crippen LogP contribution in [0.4, 0.5) is 5.69 Å². The van der Waals surface area contributed by atoms with Crippen molar-refractivity contribution >= 4 is 68.7 Å². The molecule has 6 aromatic rings. The van der Waals surface area contributed by atoms with E-state index in [1.165, 1.54) is 51.5 Å². The molecule has 0 aliphatic carbocycles. The summed E-state index contributed by atoms with van der Waals surface area (Å²) in [6.07, 6.45) is 0.951. The van der Waals surface area contributed by atoms with Gasteiger partial charge in [-0.05, 0) is 53.9 Å². The molecule has 4 aromatic carbocycles. The van der Waals surface area contributed by atoms with Gasteiger partial charge >= 0.3 is 0 Å². The van der Waals surface area contributed by atoms with E-state index in [2.05, 4.69) is 72.8 Å². The zero-order valence-corrected chi connectivity index (χ0v) is 16.7. The molecule has 0 radical (unpaired) electrons. The van der Waals surface area contributed by atoms with E-state index < -0.39 is 0 Å². The Labute approximate surface area is 170 Å². The largest absolute Gasteiger partial charge is 0.399 e. The lowest BCUT2D eigenvalue weighted by Gasteiger charge is -2.03. The number of nitrogen functional groups attached to an aromatic ring is 1. The molecule has 3 heteroatoms. The number of nitrogens with two attached hydrogens (primary N) is 1. The summed E-state index contributed by atoms with van der Waals surface area (Å²) in [4.78, 5) is 0. The second-order valence-corrected chi connectivity index (χ2v) is 9.46. The van der Waals surface area contributed by atoms with Gasteiger partial charge in [0.25, 0.3) is 0 Å². The summed E-state index contributed by atoms with van der Waals surface area (Å²) in [5.41, 5.74) is 9.51. The van der Waals surface area contributed by atoms with Gasteiger partial charge < -0.3 is 5.73 Å². The average molecular weight is 396 g/mol. The first kappa shape index (κ1) is 16.1. The Kier molecular flexibility index (Phi) is 3.49. The van der Waals surface area contributed by atoms with Crippen molar-refractivity contribution < 1.29 is 0 Å². The second kappa shape index (κ2) is 6.06. The van der Waals surface area contributed by atoms with Crippen molar-refractivity contribution in [3.63, 3.8) is 0 Å². The van der Waals surface area contributed by atoms with Crippen LogP contribution < -0.4 is 5.73 Å². The molecule has 0 amide bonds. The number of anilines is 1. The van der Waals surface area contributed by atoms with E-state index >= 15 is 0 Å². The summed E-state index contributed by atoms with van der Waals surface area (Å²) in [6.45, 7) is 0. The summed E-state index contributed by atoms with van der Waals surface area (Å²) in [5.74, 6) is 0. The maximum atomic E-state index is 5.96. The average Bonchev–Trinajstić information content (AvgIpc) is 3.24. The Hall–Kier alpha value is -2.88. The summed E-state index contributed by atoms with van der Waals surface area (Å²) < 4.78 is 5.32. The van der Waals surface area contributed by atoms with Gasteiger partial charge in [0.1, 0.15) is 0 Å². The Morgan fingerprint density at radius 3 is 2.11 bits per heavy atom. The van der Waals surface area contributed by atoms with Crippen LogP contribution in [0.1, 0.15) is 11.1 Å². The quantitative estimate of drug-likeness (QED) is 0.300. The summed E-state index contributed by atoms with van der Waals surface area (Å²) in [6, 6.07) is 28.7. The standard InChI is InChI=1S/C25H17NS2/c26-17-7-9-20-19-8-5-16(13-24(19)28-25(20)14-17)11-15-6-10-23-21(12-15)18-3-1-2-4-22(18)27-23/h1-10,12-14H,11,26H2. The Bertz CT molecular complexity index is 1500. The third-order valence-electron chi connectivity index (χ3n) is 5.41. The molecule has 0 fully saturated rings. The van der Waals surface area contributed by atoms with Crippen molar-refractivity contribution in [2.45, 2.75) is 6.42 Å². The minimum absolute atomic E-state index is 0.829. The van der Waals surface area contributed by atoms with Gasteiger partial charge in [-0.3, -0.25) is 0 Å². The first-order valence-electron chi connectivity index (χ1n) is 9.35. The lowest BCUT2D eigenvalue weighted by molar-refractivity contribution is 1.21. The molecule has 6 rings (SSSR count). The van der Waals surface area contributed by atoms with Crippen molar-refractivity contribution in [1.82, 2.24) is 0 Å². The van der Waals surface area contributed by atoms with Crippen LogP contribution in [0.2, 0.25) is 0 Å². The molecule has 28 heavy (non-hydrogen) atoms. The van der Waals surface area contributed by atoms with E-state index in [0.29, 0.717) is 0 Å². The fraction of sp³-hybridized carbons (Fsp3) is 0.0400. The lowest BCUT2D eigenvalue weighted by atomic mass is 10.0. The fourth-order valence-corrected chi connectivity index (χ4v) is 6.37. The van der Waals surface area contributed by atoms with Gasteiger partial charge in [-0.25, -0.2) is 0 Å². The van der Waals surface area contributed by atoms with Crippen LogP contribution in [-0.2, 0) is 6.42 Å². The zero-order valence-electron chi connectivity index (χ0n) is 15.1. The van der Waals surface area contributed by atoms with Gasteiger partial charge in [-0.15, -0.1) is 22.7 Å². The Morgan fingerprint density at radius 2 is 1.18 bits per heavy atom. The molecule has 0 bridgehead atoms. The van der Waals surface area contributed by atoms with Gasteiger partial charge in [0.2, 0.25) is 0 Å². The predicted octanol–water partition coefficient (Wildman–Crippen LogP) is 7.60. The van der Waals surface area contributed by atoms with E-state index in [0.717, 1.165) is 12.1 Å². The normalized spacial score (nSPS) is 11.9. The molecule has 2 aromatic heterocycles. The van der Waals surface area contributed by atoms with Crippen molar-refractivity contribution in [2.75, 3.05) is 5.73 Å². The van der Waals surface area contributed by atoms with Gasteiger partial charge in [-0.1, -0.05) is 42.5 Å². The predicted molar refractivity (Wildman–Crippen MR) is 126 cm³/mol. The van der Waals surface area contributed by atoms with Gasteiger partial charge in [0, 0.05) is 46.0 Å². The van der Waals surface area contributed by atoms with E-state index in [-0.39, 0.29) is 0 Å². The fourth-order valence-electron chi connectivity index (χ4n) is 4.07. The number of benzene rings is 4. The molecule has 1 nitrogen and oxygen atoms in total. The molecule has 0 unspecified atom stereocenters. The van der Waals surface area contributed by atoms with Gasteiger partial charge in [0.15, 0.2) is 0 Å². The molecular weight excluding hydrogens is 378 g/mol. The number of hydrogen-bond donors (Lipinski definition) is 1. The smallest absolute Gasteiger partial charge is 0.0375 e. The first-order valence-corrected chi connectivity index (χ1v) is 11.0. The second-order valence-electron chi connectivity index (χ2n) is 7.29. The molecule has 2 heterocycles.